The highest BCUT2D eigenvalue weighted by molar-refractivity contribution is 5.92. The van der Waals surface area contributed by atoms with Gasteiger partial charge in [-0.3, -0.25) is 14.4 Å². The first-order chi connectivity index (χ1) is 12.2. The Kier molecular flexibility index (Phi) is 5.86. The van der Waals surface area contributed by atoms with Gasteiger partial charge in [0.1, 0.15) is 0 Å². The van der Waals surface area contributed by atoms with Gasteiger partial charge in [-0.05, 0) is 37.1 Å². The van der Waals surface area contributed by atoms with Gasteiger partial charge in [0.15, 0.2) is 18.1 Å². The summed E-state index contributed by atoms with van der Waals surface area (Å²) in [5, 5.41) is 9.23. The van der Waals surface area contributed by atoms with E-state index in [4.69, 9.17) is 15.2 Å². The van der Waals surface area contributed by atoms with E-state index < -0.39 is 17.3 Å². The van der Waals surface area contributed by atoms with Crippen LogP contribution in [0, 0.1) is 5.41 Å². The van der Waals surface area contributed by atoms with E-state index in [1.54, 1.807) is 31.2 Å². The molecule has 1 unspecified atom stereocenters. The first-order valence-electron chi connectivity index (χ1n) is 8.05. The Morgan fingerprint density at radius 1 is 1.35 bits per heavy atom. The first kappa shape index (κ1) is 19.3. The number of likely N-dealkylation sites (tertiary alicyclic amines) is 1. The van der Waals surface area contributed by atoms with Gasteiger partial charge in [-0.15, -0.1) is 0 Å². The zero-order valence-electron chi connectivity index (χ0n) is 14.7. The number of carboxylic acids is 1. The Balaban J connectivity index is 2.04. The highest BCUT2D eigenvalue weighted by Crippen LogP contribution is 2.31. The number of benzene rings is 1. The van der Waals surface area contributed by atoms with Crippen molar-refractivity contribution in [3.8, 4) is 11.5 Å². The summed E-state index contributed by atoms with van der Waals surface area (Å²) in [4.78, 5) is 35.8. The maximum Gasteiger partial charge on any atom is 0.311 e. The molecule has 3 N–H and O–H groups in total. The summed E-state index contributed by atoms with van der Waals surface area (Å²) in [6.45, 7) is 1.98. The molecular formula is C18H22N2O6. The van der Waals surface area contributed by atoms with E-state index in [-0.39, 0.29) is 19.1 Å². The van der Waals surface area contributed by atoms with E-state index in [0.717, 1.165) is 0 Å². The number of primary amides is 1. The molecule has 1 saturated heterocycles. The predicted molar refractivity (Wildman–Crippen MR) is 93.7 cm³/mol. The van der Waals surface area contributed by atoms with Crippen LogP contribution in [0.2, 0.25) is 0 Å². The second-order valence-corrected chi connectivity index (χ2v) is 6.37. The van der Waals surface area contributed by atoms with E-state index >= 15 is 0 Å². The second-order valence-electron chi connectivity index (χ2n) is 6.37. The molecule has 0 aromatic heterocycles. The van der Waals surface area contributed by atoms with E-state index in [2.05, 4.69) is 0 Å². The van der Waals surface area contributed by atoms with Crippen molar-refractivity contribution in [1.29, 1.82) is 0 Å². The standard InChI is InChI=1S/C18H22N2O6/c1-18(17(23)24)7-8-20(11-18)16(22)6-4-12-3-5-13(14(9-12)25-2)26-10-15(19)21/h3-6,9H,7-8,10-11H2,1-2H3,(H2,19,21)(H,23,24)/b6-4+. The van der Waals surface area contributed by atoms with Crippen LogP contribution in [0.5, 0.6) is 11.5 Å². The van der Waals surface area contributed by atoms with Crippen LogP contribution in [0.25, 0.3) is 6.08 Å². The Labute approximate surface area is 151 Å². The van der Waals surface area contributed by atoms with Crippen molar-refractivity contribution < 1.29 is 29.0 Å². The minimum atomic E-state index is -0.897. The van der Waals surface area contributed by atoms with Gasteiger partial charge in [0, 0.05) is 19.2 Å². The molecule has 1 heterocycles. The monoisotopic (exact) mass is 362 g/mol. The number of rotatable bonds is 7. The molecule has 26 heavy (non-hydrogen) atoms. The summed E-state index contributed by atoms with van der Waals surface area (Å²) in [5.41, 5.74) is 4.84. The lowest BCUT2D eigenvalue weighted by atomic mass is 9.90. The van der Waals surface area contributed by atoms with E-state index in [1.807, 2.05) is 0 Å². The molecule has 2 rings (SSSR count). The molecular weight excluding hydrogens is 340 g/mol. The van der Waals surface area contributed by atoms with Gasteiger partial charge in [-0.2, -0.15) is 0 Å². The summed E-state index contributed by atoms with van der Waals surface area (Å²) in [5.74, 6) is -0.969. The van der Waals surface area contributed by atoms with Gasteiger partial charge in [0.05, 0.1) is 12.5 Å². The molecule has 140 valence electrons. The smallest absolute Gasteiger partial charge is 0.311 e. The van der Waals surface area contributed by atoms with Crippen molar-refractivity contribution in [1.82, 2.24) is 4.90 Å². The number of hydrogen-bond acceptors (Lipinski definition) is 5. The van der Waals surface area contributed by atoms with Crippen LogP contribution in [-0.4, -0.2) is 54.6 Å². The van der Waals surface area contributed by atoms with E-state index in [9.17, 15) is 19.5 Å². The molecule has 8 heteroatoms. The van der Waals surface area contributed by atoms with E-state index in [1.165, 1.54) is 18.1 Å². The third-order valence-corrected chi connectivity index (χ3v) is 4.28. The number of carboxylic acid groups (broad SMARTS) is 1. The summed E-state index contributed by atoms with van der Waals surface area (Å²) >= 11 is 0. The van der Waals surface area contributed by atoms with Crippen LogP contribution < -0.4 is 15.2 Å². The number of ether oxygens (including phenoxy) is 2. The molecule has 0 aliphatic carbocycles. The lowest BCUT2D eigenvalue weighted by Gasteiger charge is -2.19. The molecule has 8 nitrogen and oxygen atoms in total. The Bertz CT molecular complexity index is 745. The molecule has 1 aromatic carbocycles. The highest BCUT2D eigenvalue weighted by atomic mass is 16.5. The summed E-state index contributed by atoms with van der Waals surface area (Å²) in [6, 6.07) is 4.97. The average molecular weight is 362 g/mol. The van der Waals surface area contributed by atoms with Gasteiger partial charge in [-0.25, -0.2) is 0 Å². The number of nitrogens with two attached hydrogens (primary N) is 1. The average Bonchev–Trinajstić information content (AvgIpc) is 3.02. The van der Waals surface area contributed by atoms with Crippen LogP contribution in [0.4, 0.5) is 0 Å². The molecule has 0 bridgehead atoms. The summed E-state index contributed by atoms with van der Waals surface area (Å²) < 4.78 is 10.4. The highest BCUT2D eigenvalue weighted by Gasteiger charge is 2.41. The Hall–Kier alpha value is -3.03. The van der Waals surface area contributed by atoms with Crippen LogP contribution in [-0.2, 0) is 14.4 Å². The van der Waals surface area contributed by atoms with Crippen LogP contribution in [0.3, 0.4) is 0 Å². The van der Waals surface area contributed by atoms with Crippen molar-refractivity contribution in [3.63, 3.8) is 0 Å². The van der Waals surface area contributed by atoms with Crippen molar-refractivity contribution in [2.45, 2.75) is 13.3 Å². The molecule has 1 aliphatic rings. The van der Waals surface area contributed by atoms with Gasteiger partial charge >= 0.3 is 5.97 Å². The van der Waals surface area contributed by atoms with Crippen molar-refractivity contribution in [3.05, 3.63) is 29.8 Å². The SMILES string of the molecule is COc1cc(/C=C/C(=O)N2CCC(C)(C(=O)O)C2)ccc1OCC(N)=O. The third-order valence-electron chi connectivity index (χ3n) is 4.28. The fourth-order valence-electron chi connectivity index (χ4n) is 2.65. The van der Waals surface area contributed by atoms with Gasteiger partial charge in [0.25, 0.3) is 5.91 Å². The molecule has 1 fully saturated rings. The van der Waals surface area contributed by atoms with Crippen molar-refractivity contribution in [2.24, 2.45) is 11.1 Å². The second kappa shape index (κ2) is 7.90. The number of methoxy groups -OCH3 is 1. The number of carbonyl (C=O) groups excluding carboxylic acids is 2. The normalized spacial score (nSPS) is 19.5. The molecule has 1 aliphatic heterocycles. The Morgan fingerprint density at radius 3 is 2.65 bits per heavy atom. The number of amides is 2. The molecule has 1 aromatic rings. The summed E-state index contributed by atoms with van der Waals surface area (Å²) in [7, 11) is 1.46. The third kappa shape index (κ3) is 4.53. The zero-order valence-corrected chi connectivity index (χ0v) is 14.7. The van der Waals surface area contributed by atoms with Gasteiger partial charge in [-0.1, -0.05) is 6.07 Å². The first-order valence-corrected chi connectivity index (χ1v) is 8.05. The number of carbonyl (C=O) groups is 3. The number of nitrogens with zero attached hydrogens (tertiary/aromatic N) is 1. The lowest BCUT2D eigenvalue weighted by molar-refractivity contribution is -0.147. The van der Waals surface area contributed by atoms with Crippen LogP contribution in [0.15, 0.2) is 24.3 Å². The fourth-order valence-corrected chi connectivity index (χ4v) is 2.65. The van der Waals surface area contributed by atoms with Crippen LogP contribution in [0.1, 0.15) is 18.9 Å². The molecule has 0 radical (unpaired) electrons. The predicted octanol–water partition coefficient (Wildman–Crippen LogP) is 0.896. The maximum absolute atomic E-state index is 12.3. The lowest BCUT2D eigenvalue weighted by Crippen LogP contribution is -2.34. The van der Waals surface area contributed by atoms with Crippen LogP contribution >= 0.6 is 0 Å². The fraction of sp³-hybridized carbons (Fsp3) is 0.389. The molecule has 0 spiro atoms. The zero-order chi connectivity index (χ0) is 19.3. The van der Waals surface area contributed by atoms with Gasteiger partial charge in [0.2, 0.25) is 5.91 Å². The number of aliphatic carboxylic acids is 1. The number of hydrogen-bond donors (Lipinski definition) is 2. The minimum Gasteiger partial charge on any atom is -0.493 e. The Morgan fingerprint density at radius 2 is 2.08 bits per heavy atom. The molecule has 2 amide bonds. The van der Waals surface area contributed by atoms with Crippen molar-refractivity contribution >= 4 is 23.9 Å². The minimum absolute atomic E-state index is 0.189. The quantitative estimate of drug-likeness (QED) is 0.696. The molecule has 0 saturated carbocycles. The van der Waals surface area contributed by atoms with E-state index in [0.29, 0.717) is 30.0 Å². The van der Waals surface area contributed by atoms with Crippen molar-refractivity contribution in [2.75, 3.05) is 26.8 Å². The summed E-state index contributed by atoms with van der Waals surface area (Å²) in [6.07, 6.45) is 3.44. The largest absolute Gasteiger partial charge is 0.493 e. The topological polar surface area (TPSA) is 119 Å². The van der Waals surface area contributed by atoms with Gasteiger partial charge < -0.3 is 25.2 Å². The molecule has 1 atom stereocenters. The maximum atomic E-state index is 12.3.